The third-order valence-corrected chi connectivity index (χ3v) is 21.9. The van der Waals surface area contributed by atoms with Crippen LogP contribution in [0.25, 0.3) is 0 Å². The minimum Gasteiger partial charge on any atom is -0.462 e. The van der Waals surface area contributed by atoms with Gasteiger partial charge in [-0.2, -0.15) is 0 Å². The van der Waals surface area contributed by atoms with Crippen LogP contribution in [0, 0.1) is 5.92 Å². The fraction of sp³-hybridized carbons (Fsp3) is 0.953. The first-order valence-electron chi connectivity index (χ1n) is 44.1. The van der Waals surface area contributed by atoms with Crippen LogP contribution >= 0.6 is 15.6 Å². The fourth-order valence-electron chi connectivity index (χ4n) is 13.3. The van der Waals surface area contributed by atoms with E-state index in [1.165, 1.54) is 283 Å². The summed E-state index contributed by atoms with van der Waals surface area (Å²) in [5.41, 5.74) is 0. The number of carbonyl (C=O) groups excluding carboxylic acids is 4. The Morgan fingerprint density at radius 3 is 0.654 bits per heavy atom. The fourth-order valence-corrected chi connectivity index (χ4v) is 14.9. The summed E-state index contributed by atoms with van der Waals surface area (Å²) in [6.07, 6.45) is 70.8. The molecule has 0 radical (unpaired) electrons. The molecule has 2 unspecified atom stereocenters. The van der Waals surface area contributed by atoms with E-state index in [1.807, 2.05) is 0 Å². The van der Waals surface area contributed by atoms with Gasteiger partial charge in [0.1, 0.15) is 19.3 Å². The maximum atomic E-state index is 13.1. The lowest BCUT2D eigenvalue weighted by atomic mass is 10.0. The summed E-state index contributed by atoms with van der Waals surface area (Å²) in [4.78, 5) is 73.1. The summed E-state index contributed by atoms with van der Waals surface area (Å²) >= 11 is 0. The van der Waals surface area contributed by atoms with E-state index < -0.39 is 97.5 Å². The molecule has 0 aromatic rings. The van der Waals surface area contributed by atoms with E-state index >= 15 is 0 Å². The zero-order valence-electron chi connectivity index (χ0n) is 68.2. The number of unbranched alkanes of at least 4 members (excludes halogenated alkanes) is 57. The highest BCUT2D eigenvalue weighted by molar-refractivity contribution is 7.47. The number of phosphoric ester groups is 2. The molecule has 0 aliphatic carbocycles. The van der Waals surface area contributed by atoms with Crippen LogP contribution in [0.5, 0.6) is 0 Å². The zero-order chi connectivity index (χ0) is 76.2. The standard InChI is InChI=1S/C85H166O17P2/c1-6-9-12-15-18-21-23-25-27-29-30-32-36-40-44-49-54-59-64-69-83(88)96-75-81(102-85(90)71-66-61-56-51-46-42-38-34-33-35-39-43-48-52-57-62-67-78(4)5)77-100-104(93,94)98-73-79(86)72-97-103(91,92)99-76-80(74-95-82(87)68-63-58-53-47-20-17-14-11-8-3)101-84(89)70-65-60-55-50-45-41-37-31-28-26-24-22-19-16-13-10-7-2/h78-81,86H,6-77H2,1-5H3,(H,91,92)(H,93,94)/t79-,80+,81+/m0/s1. The summed E-state index contributed by atoms with van der Waals surface area (Å²) < 4.78 is 68.8. The van der Waals surface area contributed by atoms with Crippen LogP contribution < -0.4 is 0 Å². The van der Waals surface area contributed by atoms with Gasteiger partial charge in [0.05, 0.1) is 26.4 Å². The van der Waals surface area contributed by atoms with E-state index in [9.17, 15) is 43.2 Å². The van der Waals surface area contributed by atoms with Gasteiger partial charge in [-0.25, -0.2) is 9.13 Å². The number of phosphoric acid groups is 2. The van der Waals surface area contributed by atoms with Crippen molar-refractivity contribution in [1.82, 2.24) is 0 Å². The average molecular weight is 1520 g/mol. The molecule has 0 aromatic heterocycles. The maximum Gasteiger partial charge on any atom is 0.472 e. The summed E-state index contributed by atoms with van der Waals surface area (Å²) in [6.45, 7) is 7.38. The van der Waals surface area contributed by atoms with Gasteiger partial charge >= 0.3 is 39.5 Å². The van der Waals surface area contributed by atoms with Crippen LogP contribution in [0.15, 0.2) is 0 Å². The first-order chi connectivity index (χ1) is 50.5. The second-order valence-electron chi connectivity index (χ2n) is 31.1. The van der Waals surface area contributed by atoms with Crippen molar-refractivity contribution >= 4 is 39.5 Å². The van der Waals surface area contributed by atoms with Crippen molar-refractivity contribution in [3.05, 3.63) is 0 Å². The van der Waals surface area contributed by atoms with Crippen molar-refractivity contribution in [2.24, 2.45) is 5.92 Å². The molecule has 0 saturated carbocycles. The minimum atomic E-state index is -4.96. The van der Waals surface area contributed by atoms with Crippen LogP contribution in [0.2, 0.25) is 0 Å². The molecular weight excluding hydrogens is 1350 g/mol. The highest BCUT2D eigenvalue weighted by Gasteiger charge is 2.30. The second kappa shape index (κ2) is 77.8. The van der Waals surface area contributed by atoms with Crippen LogP contribution in [0.4, 0.5) is 0 Å². The molecule has 0 saturated heterocycles. The molecular formula is C85H166O17P2. The minimum absolute atomic E-state index is 0.109. The smallest absolute Gasteiger partial charge is 0.462 e. The van der Waals surface area contributed by atoms with Gasteiger partial charge in [-0.15, -0.1) is 0 Å². The molecule has 104 heavy (non-hydrogen) atoms. The van der Waals surface area contributed by atoms with Crippen LogP contribution in [0.3, 0.4) is 0 Å². The molecule has 5 atom stereocenters. The summed E-state index contributed by atoms with van der Waals surface area (Å²) in [7, 11) is -9.92. The van der Waals surface area contributed by atoms with E-state index in [0.717, 1.165) is 95.8 Å². The Bertz CT molecular complexity index is 1980. The first-order valence-corrected chi connectivity index (χ1v) is 47.1. The molecule has 0 aliphatic rings. The van der Waals surface area contributed by atoms with Gasteiger partial charge in [0, 0.05) is 25.7 Å². The molecule has 0 bridgehead atoms. The van der Waals surface area contributed by atoms with Gasteiger partial charge in [0.2, 0.25) is 0 Å². The number of carbonyl (C=O) groups is 4. The van der Waals surface area contributed by atoms with E-state index in [-0.39, 0.29) is 25.7 Å². The molecule has 0 heterocycles. The van der Waals surface area contributed by atoms with E-state index in [2.05, 4.69) is 34.6 Å². The molecule has 0 fully saturated rings. The van der Waals surface area contributed by atoms with Crippen LogP contribution in [-0.4, -0.2) is 96.7 Å². The monoisotopic (exact) mass is 1520 g/mol. The highest BCUT2D eigenvalue weighted by atomic mass is 31.2. The van der Waals surface area contributed by atoms with Crippen LogP contribution in [-0.2, 0) is 65.4 Å². The van der Waals surface area contributed by atoms with E-state index in [0.29, 0.717) is 25.7 Å². The van der Waals surface area contributed by atoms with Gasteiger partial charge in [-0.1, -0.05) is 407 Å². The zero-order valence-corrected chi connectivity index (χ0v) is 70.0. The van der Waals surface area contributed by atoms with Gasteiger partial charge in [0.25, 0.3) is 0 Å². The second-order valence-corrected chi connectivity index (χ2v) is 34.0. The van der Waals surface area contributed by atoms with E-state index in [1.54, 1.807) is 0 Å². The number of hydrogen-bond acceptors (Lipinski definition) is 15. The van der Waals surface area contributed by atoms with Gasteiger partial charge in [-0.3, -0.25) is 37.3 Å². The van der Waals surface area contributed by atoms with Crippen molar-refractivity contribution < 1.29 is 80.2 Å². The normalized spacial score (nSPS) is 13.8. The predicted molar refractivity (Wildman–Crippen MR) is 428 cm³/mol. The topological polar surface area (TPSA) is 237 Å². The average Bonchev–Trinajstić information content (AvgIpc) is 0.927. The summed E-state index contributed by atoms with van der Waals surface area (Å²) in [6, 6.07) is 0. The number of ether oxygens (including phenoxy) is 4. The molecule has 0 rings (SSSR count). The Morgan fingerprint density at radius 2 is 0.442 bits per heavy atom. The predicted octanol–water partition coefficient (Wildman–Crippen LogP) is 26.0. The van der Waals surface area contributed by atoms with Crippen molar-refractivity contribution in [1.29, 1.82) is 0 Å². The molecule has 618 valence electrons. The van der Waals surface area contributed by atoms with Crippen molar-refractivity contribution in [3.63, 3.8) is 0 Å². The largest absolute Gasteiger partial charge is 0.472 e. The Labute approximate surface area is 638 Å². The van der Waals surface area contributed by atoms with Crippen LogP contribution in [0.1, 0.15) is 458 Å². The SMILES string of the molecule is CCCCCCCCCCCCCCCCCCCCCC(=O)OC[C@H](COP(=O)(O)OC[C@@H](O)COP(=O)(O)OC[C@@H](COC(=O)CCCCCCCCCCC)OC(=O)CCCCCCCCCCCCCCCCCCC)OC(=O)CCCCCCCCCCCCCCCCCCC(C)C. The van der Waals surface area contributed by atoms with Gasteiger partial charge < -0.3 is 33.8 Å². The number of hydrogen-bond donors (Lipinski definition) is 3. The maximum absolute atomic E-state index is 13.1. The number of rotatable bonds is 85. The molecule has 0 aliphatic heterocycles. The lowest BCUT2D eigenvalue weighted by Gasteiger charge is -2.21. The lowest BCUT2D eigenvalue weighted by molar-refractivity contribution is -0.161. The van der Waals surface area contributed by atoms with Crippen molar-refractivity contribution in [2.75, 3.05) is 39.6 Å². The Hall–Kier alpha value is -1.94. The number of esters is 4. The number of aliphatic hydroxyl groups is 1. The molecule has 0 spiro atoms. The van der Waals surface area contributed by atoms with E-state index in [4.69, 9.17) is 37.0 Å². The highest BCUT2D eigenvalue weighted by Crippen LogP contribution is 2.45. The Morgan fingerprint density at radius 1 is 0.260 bits per heavy atom. The lowest BCUT2D eigenvalue weighted by Crippen LogP contribution is -2.30. The number of aliphatic hydroxyl groups excluding tert-OH is 1. The van der Waals surface area contributed by atoms with Gasteiger partial charge in [0.15, 0.2) is 12.2 Å². The molecule has 17 nitrogen and oxygen atoms in total. The molecule has 3 N–H and O–H groups in total. The quantitative estimate of drug-likeness (QED) is 0.0222. The van der Waals surface area contributed by atoms with Crippen molar-refractivity contribution in [3.8, 4) is 0 Å². The Balaban J connectivity index is 5.21. The third kappa shape index (κ3) is 78.2. The molecule has 0 aromatic carbocycles. The third-order valence-electron chi connectivity index (χ3n) is 20.0. The Kier molecular flexibility index (Phi) is 76.3. The first kappa shape index (κ1) is 102. The molecule has 0 amide bonds. The van der Waals surface area contributed by atoms with Crippen molar-refractivity contribution in [2.45, 2.75) is 477 Å². The summed E-state index contributed by atoms with van der Waals surface area (Å²) in [5, 5.41) is 10.7. The van der Waals surface area contributed by atoms with Gasteiger partial charge in [-0.05, 0) is 31.6 Å². The molecule has 19 heteroatoms. The summed E-state index contributed by atoms with van der Waals surface area (Å²) in [5.74, 6) is -1.29.